The van der Waals surface area contributed by atoms with E-state index in [1.807, 2.05) is 0 Å². The Morgan fingerprint density at radius 3 is 2.20 bits per heavy atom. The van der Waals surface area contributed by atoms with Crippen LogP contribution in [0.5, 0.6) is 11.5 Å². The highest BCUT2D eigenvalue weighted by atomic mass is 16.8. The molecule has 0 aliphatic carbocycles. The van der Waals surface area contributed by atoms with E-state index in [0.717, 1.165) is 33.3 Å². The summed E-state index contributed by atoms with van der Waals surface area (Å²) in [5.41, 5.74) is 1.42. The topological polar surface area (TPSA) is 212 Å². The van der Waals surface area contributed by atoms with Crippen molar-refractivity contribution < 1.29 is 72.1 Å². The first-order chi connectivity index (χ1) is 23.2. The smallest absolute Gasteiger partial charge is 0.337 e. The Hall–Kier alpha value is -4.67. The van der Waals surface area contributed by atoms with E-state index < -0.39 is 91.3 Å². The van der Waals surface area contributed by atoms with E-state index >= 15 is 0 Å². The summed E-state index contributed by atoms with van der Waals surface area (Å²) >= 11 is 0. The van der Waals surface area contributed by atoms with Gasteiger partial charge in [-0.05, 0) is 31.0 Å². The second-order valence-electron chi connectivity index (χ2n) is 11.7. The lowest BCUT2D eigenvalue weighted by molar-refractivity contribution is -0.342. The van der Waals surface area contributed by atoms with Gasteiger partial charge in [-0.2, -0.15) is 0 Å². The molecule has 3 heterocycles. The lowest BCUT2D eigenvalue weighted by Crippen LogP contribution is -2.63. The van der Waals surface area contributed by atoms with E-state index in [1.165, 1.54) is 25.5 Å². The van der Waals surface area contributed by atoms with Gasteiger partial charge < -0.3 is 53.4 Å². The van der Waals surface area contributed by atoms with Crippen molar-refractivity contribution in [2.45, 2.75) is 83.6 Å². The predicted octanol–water partition coefficient (Wildman–Crippen LogP) is 1.61. The maximum absolute atomic E-state index is 13.0. The molecule has 1 fully saturated rings. The Labute approximate surface area is 282 Å². The van der Waals surface area contributed by atoms with Crippen LogP contribution in [0.25, 0.3) is 0 Å². The summed E-state index contributed by atoms with van der Waals surface area (Å²) in [6.45, 7) is 8.47. The van der Waals surface area contributed by atoms with Crippen molar-refractivity contribution in [1.82, 2.24) is 5.32 Å². The van der Waals surface area contributed by atoms with E-state index in [2.05, 4.69) is 11.9 Å². The minimum atomic E-state index is -1.57. The van der Waals surface area contributed by atoms with Gasteiger partial charge in [0.1, 0.15) is 12.7 Å². The van der Waals surface area contributed by atoms with Gasteiger partial charge in [0.05, 0.1) is 18.9 Å². The molecule has 1 saturated heterocycles. The molecule has 0 radical (unpaired) electrons. The average molecular weight is 692 g/mol. The fourth-order valence-electron chi connectivity index (χ4n) is 6.33. The Morgan fingerprint density at radius 1 is 0.939 bits per heavy atom. The second kappa shape index (κ2) is 16.2. The van der Waals surface area contributed by atoms with Crippen LogP contribution in [-0.2, 0) is 68.3 Å². The average Bonchev–Trinajstić information content (AvgIpc) is 3.03. The van der Waals surface area contributed by atoms with Gasteiger partial charge in [0.15, 0.2) is 29.8 Å². The van der Waals surface area contributed by atoms with Crippen LogP contribution >= 0.6 is 0 Å². The van der Waals surface area contributed by atoms with Crippen LogP contribution in [0.3, 0.4) is 0 Å². The molecule has 0 bridgehead atoms. The van der Waals surface area contributed by atoms with Crippen molar-refractivity contribution in [3.05, 3.63) is 47.7 Å². The van der Waals surface area contributed by atoms with Crippen LogP contribution in [0.15, 0.2) is 36.6 Å². The van der Waals surface area contributed by atoms with E-state index in [1.54, 1.807) is 6.07 Å². The molecular formula is C33H41NO15. The number of esters is 5. The zero-order valence-corrected chi connectivity index (χ0v) is 27.7. The highest BCUT2D eigenvalue weighted by Gasteiger charge is 2.54. The molecule has 0 unspecified atom stereocenters. The number of phenolic OH excluding ortho intramolecular Hbond substituents is 2. The molecule has 0 aromatic heterocycles. The molecule has 16 heteroatoms. The molecule has 1 aromatic carbocycles. The summed E-state index contributed by atoms with van der Waals surface area (Å²) in [5, 5.41) is 24.4. The largest absolute Gasteiger partial charge is 0.504 e. The van der Waals surface area contributed by atoms with Crippen LogP contribution in [0.1, 0.15) is 51.3 Å². The van der Waals surface area contributed by atoms with Gasteiger partial charge in [0.25, 0.3) is 0 Å². The van der Waals surface area contributed by atoms with E-state index in [0.29, 0.717) is 18.5 Å². The van der Waals surface area contributed by atoms with Gasteiger partial charge in [-0.1, -0.05) is 12.1 Å². The van der Waals surface area contributed by atoms with Crippen LogP contribution in [-0.4, -0.2) is 97.3 Å². The van der Waals surface area contributed by atoms with Crippen LogP contribution < -0.4 is 5.32 Å². The maximum atomic E-state index is 13.0. The molecule has 3 N–H and O–H groups in total. The number of phenols is 2. The third-order valence-electron chi connectivity index (χ3n) is 8.33. The van der Waals surface area contributed by atoms with Gasteiger partial charge in [-0.3, -0.25) is 19.2 Å². The molecular weight excluding hydrogens is 650 g/mol. The number of ether oxygens (including phenoxy) is 8. The van der Waals surface area contributed by atoms with Crippen LogP contribution in [0, 0.1) is 11.8 Å². The lowest BCUT2D eigenvalue weighted by atomic mass is 9.77. The number of nitrogens with one attached hydrogen (secondary N) is 1. The van der Waals surface area contributed by atoms with E-state index in [-0.39, 0.29) is 23.5 Å². The number of hydrogen-bond acceptors (Lipinski definition) is 16. The van der Waals surface area contributed by atoms with Crippen LogP contribution in [0.2, 0.25) is 0 Å². The first kappa shape index (κ1) is 37.2. The number of carbonyl (C=O) groups excluding carboxylic acids is 5. The quantitative estimate of drug-likeness (QED) is 0.130. The summed E-state index contributed by atoms with van der Waals surface area (Å²) in [5.74, 6) is -5.93. The minimum absolute atomic E-state index is 0.127. The Bertz CT molecular complexity index is 1470. The lowest BCUT2D eigenvalue weighted by Gasteiger charge is -2.46. The fourth-order valence-corrected chi connectivity index (χ4v) is 6.33. The first-order valence-electron chi connectivity index (χ1n) is 15.5. The van der Waals surface area contributed by atoms with Gasteiger partial charge in [0.2, 0.25) is 12.6 Å². The van der Waals surface area contributed by atoms with Gasteiger partial charge in [-0.25, -0.2) is 4.79 Å². The second-order valence-corrected chi connectivity index (χ2v) is 11.7. The van der Waals surface area contributed by atoms with Crippen molar-refractivity contribution in [1.29, 1.82) is 0 Å². The molecule has 0 saturated carbocycles. The normalized spacial score (nSPS) is 29.2. The van der Waals surface area contributed by atoms with Crippen molar-refractivity contribution in [2.24, 2.45) is 11.8 Å². The summed E-state index contributed by atoms with van der Waals surface area (Å²) < 4.78 is 44.8. The Morgan fingerprint density at radius 2 is 1.59 bits per heavy atom. The number of rotatable bonds is 11. The third kappa shape index (κ3) is 8.68. The molecule has 268 valence electrons. The maximum Gasteiger partial charge on any atom is 0.337 e. The van der Waals surface area contributed by atoms with Gasteiger partial charge in [-0.15, -0.1) is 6.58 Å². The Kier molecular flexibility index (Phi) is 12.2. The van der Waals surface area contributed by atoms with Crippen molar-refractivity contribution in [3.8, 4) is 11.5 Å². The van der Waals surface area contributed by atoms with E-state index in [4.69, 9.17) is 37.9 Å². The molecule has 16 nitrogen and oxygen atoms in total. The van der Waals surface area contributed by atoms with Crippen molar-refractivity contribution in [3.63, 3.8) is 0 Å². The number of aromatic hydroxyl groups is 2. The zero-order valence-electron chi connectivity index (χ0n) is 27.7. The highest BCUT2D eigenvalue weighted by Crippen LogP contribution is 2.45. The number of carbonyl (C=O) groups is 5. The molecule has 4 rings (SSSR count). The predicted molar refractivity (Wildman–Crippen MR) is 164 cm³/mol. The number of methoxy groups -OCH3 is 1. The molecule has 3 aliphatic rings. The van der Waals surface area contributed by atoms with Crippen molar-refractivity contribution >= 4 is 29.8 Å². The highest BCUT2D eigenvalue weighted by molar-refractivity contribution is 5.89. The third-order valence-corrected chi connectivity index (χ3v) is 8.33. The Balaban J connectivity index is 1.72. The zero-order chi connectivity index (χ0) is 36.0. The number of fused-ring (bicyclic) bond motifs is 1. The summed E-state index contributed by atoms with van der Waals surface area (Å²) in [4.78, 5) is 61.3. The summed E-state index contributed by atoms with van der Waals surface area (Å²) in [6.07, 6.45) is -5.11. The monoisotopic (exact) mass is 691 g/mol. The molecule has 9 atom stereocenters. The number of benzene rings is 1. The number of hydrogen-bond donors (Lipinski definition) is 3. The molecule has 0 spiro atoms. The fraction of sp³-hybridized carbons (Fsp3) is 0.545. The SMILES string of the molecule is C=C[C@H]1[C@H](O[C@@H]2O[C@H](COC(C)=O)[C@@H](OC(C)=O)[C@H](OC(C)=O)[C@H]2OC(C)=O)OC=C(C(=O)OC)[C@H]1C[C@@H]1NCCc2ccc(O)c(O)c21. The summed E-state index contributed by atoms with van der Waals surface area (Å²) in [6, 6.07) is 2.59. The molecule has 49 heavy (non-hydrogen) atoms. The van der Waals surface area contributed by atoms with Crippen molar-refractivity contribution in [2.75, 3.05) is 20.3 Å². The standard InChI is InChI=1S/C33H41NO15/c1-7-20-21(12-23-26-19(10-11-34-23)8-9-24(39)27(26)40)22(31(41)42-6)13-44-32(20)49-33-30(47-18(5)38)29(46-17(4)37)28(45-16(3)36)25(48-33)14-43-15(2)35/h7-9,13,20-21,23,25,28-30,32-34,39-40H,1,10-12,14H2,2-6H3/t20-,21+,23+,25-,28-,29+,30-,32+,33+/m1/s1. The first-order valence-corrected chi connectivity index (χ1v) is 15.5. The minimum Gasteiger partial charge on any atom is -0.504 e. The van der Waals surface area contributed by atoms with Gasteiger partial charge in [0, 0.05) is 51.1 Å². The van der Waals surface area contributed by atoms with E-state index in [9.17, 15) is 34.2 Å². The molecule has 1 aromatic rings. The summed E-state index contributed by atoms with van der Waals surface area (Å²) in [7, 11) is 1.21. The van der Waals surface area contributed by atoms with Crippen LogP contribution in [0.4, 0.5) is 0 Å². The van der Waals surface area contributed by atoms with Gasteiger partial charge >= 0.3 is 29.8 Å². The molecule has 0 amide bonds. The molecule has 3 aliphatic heterocycles.